The van der Waals surface area contributed by atoms with Crippen molar-refractivity contribution in [2.24, 2.45) is 16.8 Å². The smallest absolute Gasteiger partial charge is 0.325 e. The molecule has 1 saturated carbocycles. The average Bonchev–Trinajstić information content (AvgIpc) is 3.64. The lowest BCUT2D eigenvalue weighted by Crippen LogP contribution is -2.33. The highest BCUT2D eigenvalue weighted by atomic mass is 19.4. The Morgan fingerprint density at radius 2 is 1.69 bits per heavy atom. The van der Waals surface area contributed by atoms with Crippen molar-refractivity contribution in [3.05, 3.63) is 82.9 Å². The summed E-state index contributed by atoms with van der Waals surface area (Å²) in [6.07, 6.45) is -3.19. The van der Waals surface area contributed by atoms with Crippen LogP contribution in [0.5, 0.6) is 0 Å². The van der Waals surface area contributed by atoms with Gasteiger partial charge in [0.1, 0.15) is 11.5 Å². The zero-order valence-electron chi connectivity index (χ0n) is 18.3. The number of amidine groups is 1. The normalized spacial score (nSPS) is 14.9. The Morgan fingerprint density at radius 3 is 2.25 bits per heavy atom. The van der Waals surface area contributed by atoms with Crippen LogP contribution in [0.1, 0.15) is 29.7 Å². The van der Waals surface area contributed by atoms with Crippen LogP contribution in [0, 0.1) is 17.5 Å². The third-order valence-electron chi connectivity index (χ3n) is 5.87. The number of hydrazine groups is 1. The highest BCUT2D eigenvalue weighted by Crippen LogP contribution is 2.50. The van der Waals surface area contributed by atoms with Crippen LogP contribution in [0.15, 0.2) is 53.8 Å². The molecule has 1 aliphatic rings. The number of nitrogens with two attached hydrogens (primary N) is 2. The van der Waals surface area contributed by atoms with Crippen molar-refractivity contribution in [2.45, 2.75) is 24.4 Å². The van der Waals surface area contributed by atoms with Gasteiger partial charge in [-0.3, -0.25) is 9.78 Å². The van der Waals surface area contributed by atoms with E-state index in [-0.39, 0.29) is 41.1 Å². The predicted octanol–water partition coefficient (Wildman–Crippen LogP) is 3.94. The number of carbonyl (C=O) groups is 1. The van der Waals surface area contributed by atoms with Crippen molar-refractivity contribution < 1.29 is 31.1 Å². The molecule has 1 amide bonds. The van der Waals surface area contributed by atoms with E-state index in [0.29, 0.717) is 17.7 Å². The first-order chi connectivity index (χ1) is 17.0. The number of halogens is 6. The summed E-state index contributed by atoms with van der Waals surface area (Å²) in [6.45, 7) is 0. The number of rotatable bonds is 5. The van der Waals surface area contributed by atoms with E-state index in [2.05, 4.69) is 20.8 Å². The number of benzene rings is 2. The number of nitrogens with zero attached hydrogens (tertiary/aromatic N) is 2. The number of hydrogen-bond donors (Lipinski definition) is 4. The van der Waals surface area contributed by atoms with Gasteiger partial charge in [0.2, 0.25) is 5.91 Å². The lowest BCUT2D eigenvalue weighted by Gasteiger charge is -2.18. The molecular formula is C23H18F6N6O. The fraction of sp³-hybridized carbons (Fsp3) is 0.174. The molecule has 188 valence electrons. The molecule has 1 fully saturated rings. The van der Waals surface area contributed by atoms with Gasteiger partial charge in [0.05, 0.1) is 5.41 Å². The molecule has 0 saturated heterocycles. The molecule has 1 aromatic heterocycles. The maximum Gasteiger partial charge on any atom is 0.433 e. The van der Waals surface area contributed by atoms with E-state index < -0.39 is 40.6 Å². The molecule has 1 aliphatic carbocycles. The van der Waals surface area contributed by atoms with E-state index in [4.69, 9.17) is 11.7 Å². The van der Waals surface area contributed by atoms with Crippen molar-refractivity contribution in [1.82, 2.24) is 10.4 Å². The Bertz CT molecular complexity index is 1350. The Balaban J connectivity index is 1.68. The van der Waals surface area contributed by atoms with Crippen molar-refractivity contribution in [3.63, 3.8) is 0 Å². The van der Waals surface area contributed by atoms with Gasteiger partial charge < -0.3 is 16.6 Å². The lowest BCUT2D eigenvalue weighted by atomic mass is 9.93. The monoisotopic (exact) mass is 508 g/mol. The van der Waals surface area contributed by atoms with Gasteiger partial charge >= 0.3 is 6.18 Å². The fourth-order valence-electron chi connectivity index (χ4n) is 3.86. The molecule has 0 atom stereocenters. The van der Waals surface area contributed by atoms with Crippen LogP contribution in [0.25, 0.3) is 11.1 Å². The van der Waals surface area contributed by atoms with E-state index in [1.165, 1.54) is 24.3 Å². The molecule has 4 rings (SSSR count). The summed E-state index contributed by atoms with van der Waals surface area (Å²) in [6, 6.07) is 7.36. The van der Waals surface area contributed by atoms with Crippen LogP contribution in [-0.2, 0) is 16.4 Å². The van der Waals surface area contributed by atoms with Gasteiger partial charge in [-0.2, -0.15) is 18.3 Å². The first-order valence-electron chi connectivity index (χ1n) is 10.4. The number of carbonyl (C=O) groups excluding carboxylic acids is 1. The van der Waals surface area contributed by atoms with Crippen molar-refractivity contribution >= 4 is 17.4 Å². The predicted molar refractivity (Wildman–Crippen MR) is 119 cm³/mol. The highest BCUT2D eigenvalue weighted by Gasteiger charge is 2.53. The fourth-order valence-corrected chi connectivity index (χ4v) is 3.86. The number of nitrogens with one attached hydrogen (secondary N) is 2. The van der Waals surface area contributed by atoms with E-state index >= 15 is 0 Å². The molecular weight excluding hydrogens is 490 g/mol. The SMILES string of the molecule is N/N=C(\NN)c1cc(NC(=O)C2(c3cc(F)c(F)cc3F)CC2)ccc1-c1ccc(C(F)(F)F)nc1. The third-order valence-corrected chi connectivity index (χ3v) is 5.87. The summed E-state index contributed by atoms with van der Waals surface area (Å²) in [5.41, 5.74) is 0.542. The minimum atomic E-state index is -4.62. The minimum Gasteiger partial charge on any atom is -0.325 e. The van der Waals surface area contributed by atoms with Gasteiger partial charge in [-0.15, -0.1) is 0 Å². The lowest BCUT2D eigenvalue weighted by molar-refractivity contribution is -0.141. The molecule has 7 nitrogen and oxygen atoms in total. The van der Waals surface area contributed by atoms with Gasteiger partial charge in [-0.25, -0.2) is 19.0 Å². The number of aromatic nitrogens is 1. The molecule has 36 heavy (non-hydrogen) atoms. The van der Waals surface area contributed by atoms with E-state index in [0.717, 1.165) is 12.3 Å². The second-order valence-corrected chi connectivity index (χ2v) is 8.09. The molecule has 0 spiro atoms. The van der Waals surface area contributed by atoms with Crippen LogP contribution in [0.3, 0.4) is 0 Å². The van der Waals surface area contributed by atoms with Crippen molar-refractivity contribution in [2.75, 3.05) is 5.32 Å². The van der Waals surface area contributed by atoms with E-state index in [1.807, 2.05) is 0 Å². The zero-order chi connectivity index (χ0) is 26.3. The Labute approximate surface area is 200 Å². The molecule has 0 aliphatic heterocycles. The van der Waals surface area contributed by atoms with Crippen molar-refractivity contribution in [3.8, 4) is 11.1 Å². The molecule has 13 heteroatoms. The summed E-state index contributed by atoms with van der Waals surface area (Å²) >= 11 is 0. The summed E-state index contributed by atoms with van der Waals surface area (Å²) in [7, 11) is 0. The van der Waals surface area contributed by atoms with Gasteiger partial charge in [0.25, 0.3) is 0 Å². The van der Waals surface area contributed by atoms with Crippen LogP contribution < -0.4 is 22.4 Å². The Morgan fingerprint density at radius 1 is 1.00 bits per heavy atom. The average molecular weight is 508 g/mol. The van der Waals surface area contributed by atoms with Crippen LogP contribution in [0.2, 0.25) is 0 Å². The van der Waals surface area contributed by atoms with Gasteiger partial charge in [-0.05, 0) is 42.7 Å². The second kappa shape index (κ2) is 9.15. The molecule has 0 bridgehead atoms. The summed E-state index contributed by atoms with van der Waals surface area (Å²) in [5.74, 6) is 6.44. The van der Waals surface area contributed by atoms with Crippen LogP contribution >= 0.6 is 0 Å². The van der Waals surface area contributed by atoms with E-state index in [1.54, 1.807) is 0 Å². The third kappa shape index (κ3) is 4.56. The number of alkyl halides is 3. The Kier molecular flexibility index (Phi) is 6.35. The maximum atomic E-state index is 14.4. The largest absolute Gasteiger partial charge is 0.433 e. The summed E-state index contributed by atoms with van der Waals surface area (Å²) in [5, 5.41) is 6.12. The van der Waals surface area contributed by atoms with Crippen molar-refractivity contribution in [1.29, 1.82) is 0 Å². The number of pyridine rings is 1. The van der Waals surface area contributed by atoms with Gasteiger partial charge in [-0.1, -0.05) is 12.1 Å². The number of amides is 1. The van der Waals surface area contributed by atoms with Gasteiger partial charge in [0.15, 0.2) is 17.5 Å². The maximum absolute atomic E-state index is 14.4. The molecule has 2 aromatic carbocycles. The van der Waals surface area contributed by atoms with Gasteiger partial charge in [0, 0.05) is 34.6 Å². The van der Waals surface area contributed by atoms with Crippen LogP contribution in [0.4, 0.5) is 32.0 Å². The summed E-state index contributed by atoms with van der Waals surface area (Å²) < 4.78 is 80.1. The molecule has 0 radical (unpaired) electrons. The zero-order valence-corrected chi connectivity index (χ0v) is 18.3. The molecule has 3 aromatic rings. The first-order valence-corrected chi connectivity index (χ1v) is 10.4. The Hall–Kier alpha value is -4.13. The molecule has 0 unspecified atom stereocenters. The molecule has 1 heterocycles. The summed E-state index contributed by atoms with van der Waals surface area (Å²) in [4.78, 5) is 16.5. The standard InChI is InChI=1S/C23H18F6N6O/c24-16-9-18(26)17(25)8-15(16)22(5-6-22)21(36)33-12-2-3-13(14(7-12)20(34-30)35-31)11-1-4-19(32-10-11)23(27,28)29/h1-4,7-10H,5-6,30-31H2,(H,33,36)(H,34,35). The first kappa shape index (κ1) is 25.0. The number of anilines is 1. The second-order valence-electron chi connectivity index (χ2n) is 8.09. The minimum absolute atomic E-state index is 0.0613. The molecule has 6 N–H and O–H groups in total. The van der Waals surface area contributed by atoms with E-state index in [9.17, 15) is 31.1 Å². The number of hydrazone groups is 1. The highest BCUT2D eigenvalue weighted by molar-refractivity contribution is 6.07. The van der Waals surface area contributed by atoms with Crippen LogP contribution in [-0.4, -0.2) is 16.7 Å². The quantitative estimate of drug-likeness (QED) is 0.104. The topological polar surface area (TPSA) is 118 Å². The number of hydrogen-bond acceptors (Lipinski definition) is 5.